The van der Waals surface area contributed by atoms with Crippen molar-refractivity contribution in [1.82, 2.24) is 0 Å². The first-order valence-corrected chi connectivity index (χ1v) is 11.7. The molecule has 4 saturated carbocycles. The van der Waals surface area contributed by atoms with E-state index >= 15 is 0 Å². The van der Waals surface area contributed by atoms with Gasteiger partial charge < -0.3 is 10.2 Å². The first-order valence-electron chi connectivity index (χ1n) is 11.7. The highest BCUT2D eigenvalue weighted by Gasteiger charge is 2.62. The van der Waals surface area contributed by atoms with Gasteiger partial charge in [0.2, 0.25) is 0 Å². The van der Waals surface area contributed by atoms with Gasteiger partial charge in [-0.3, -0.25) is 0 Å². The zero-order chi connectivity index (χ0) is 18.7. The van der Waals surface area contributed by atoms with E-state index in [0.29, 0.717) is 28.6 Å². The van der Waals surface area contributed by atoms with Gasteiger partial charge in [0.05, 0.1) is 12.2 Å². The van der Waals surface area contributed by atoms with E-state index in [2.05, 4.69) is 27.7 Å². The summed E-state index contributed by atoms with van der Waals surface area (Å²) in [5.74, 6) is 4.15. The van der Waals surface area contributed by atoms with Crippen LogP contribution in [0, 0.1) is 46.3 Å². The monoisotopic (exact) mass is 362 g/mol. The van der Waals surface area contributed by atoms with Crippen LogP contribution in [0.2, 0.25) is 0 Å². The molecule has 0 saturated heterocycles. The van der Waals surface area contributed by atoms with Crippen molar-refractivity contribution in [2.75, 3.05) is 0 Å². The van der Waals surface area contributed by atoms with Gasteiger partial charge in [-0.1, -0.05) is 40.5 Å². The molecular formula is C24H42O2. The molecule has 0 aromatic rings. The average molecular weight is 363 g/mol. The molecule has 26 heavy (non-hydrogen) atoms. The third-order valence-electron chi connectivity index (χ3n) is 10.2. The molecule has 0 heterocycles. The second kappa shape index (κ2) is 6.76. The summed E-state index contributed by atoms with van der Waals surface area (Å²) in [5, 5.41) is 21.5. The van der Waals surface area contributed by atoms with Crippen LogP contribution in [-0.4, -0.2) is 22.4 Å². The molecule has 4 aliphatic carbocycles. The van der Waals surface area contributed by atoms with Crippen molar-refractivity contribution in [2.24, 2.45) is 46.3 Å². The summed E-state index contributed by atoms with van der Waals surface area (Å²) in [7, 11) is 0. The maximum atomic E-state index is 11.3. The minimum Gasteiger partial charge on any atom is -0.393 e. The molecule has 0 aliphatic heterocycles. The normalized spacial score (nSPS) is 54.9. The molecule has 2 heteroatoms. The Bertz CT molecular complexity index is 518. The molecule has 0 bridgehead atoms. The molecule has 2 nitrogen and oxygen atoms in total. The predicted octanol–water partition coefficient (Wildman–Crippen LogP) is 5.41. The Morgan fingerprint density at radius 1 is 0.923 bits per heavy atom. The van der Waals surface area contributed by atoms with E-state index < -0.39 is 0 Å². The topological polar surface area (TPSA) is 40.5 Å². The van der Waals surface area contributed by atoms with Gasteiger partial charge in [-0.25, -0.2) is 0 Å². The summed E-state index contributed by atoms with van der Waals surface area (Å²) in [4.78, 5) is 0. The van der Waals surface area contributed by atoms with Crippen LogP contribution in [-0.2, 0) is 0 Å². The van der Waals surface area contributed by atoms with E-state index in [0.717, 1.165) is 37.0 Å². The van der Waals surface area contributed by atoms with Crippen molar-refractivity contribution in [3.05, 3.63) is 0 Å². The lowest BCUT2D eigenvalue weighted by atomic mass is 9.43. The third kappa shape index (κ3) is 2.72. The van der Waals surface area contributed by atoms with Gasteiger partial charge in [0.1, 0.15) is 0 Å². The summed E-state index contributed by atoms with van der Waals surface area (Å²) in [6.07, 6.45) is 11.8. The van der Waals surface area contributed by atoms with Crippen LogP contribution in [0.15, 0.2) is 0 Å². The highest BCUT2D eigenvalue weighted by Crippen LogP contribution is 2.68. The van der Waals surface area contributed by atoms with Crippen LogP contribution in [0.1, 0.15) is 91.9 Å². The highest BCUT2D eigenvalue weighted by atomic mass is 16.3. The van der Waals surface area contributed by atoms with Crippen LogP contribution in [0.4, 0.5) is 0 Å². The zero-order valence-corrected chi connectivity index (χ0v) is 17.6. The van der Waals surface area contributed by atoms with Gasteiger partial charge in [0.15, 0.2) is 0 Å². The predicted molar refractivity (Wildman–Crippen MR) is 107 cm³/mol. The maximum Gasteiger partial charge on any atom is 0.0577 e. The lowest BCUT2D eigenvalue weighted by Gasteiger charge is -2.62. The summed E-state index contributed by atoms with van der Waals surface area (Å²) in [6.45, 7) is 9.92. The van der Waals surface area contributed by atoms with Crippen molar-refractivity contribution in [1.29, 1.82) is 0 Å². The van der Waals surface area contributed by atoms with Crippen molar-refractivity contribution in [3.63, 3.8) is 0 Å². The Labute approximate surface area is 161 Å². The summed E-state index contributed by atoms with van der Waals surface area (Å²) < 4.78 is 0. The summed E-state index contributed by atoms with van der Waals surface area (Å²) in [6, 6.07) is 0. The Morgan fingerprint density at radius 2 is 1.62 bits per heavy atom. The molecule has 4 rings (SSSR count). The quantitative estimate of drug-likeness (QED) is 0.704. The minimum atomic E-state index is -0.131. The minimum absolute atomic E-state index is 0.128. The van der Waals surface area contributed by atoms with Gasteiger partial charge in [-0.15, -0.1) is 0 Å². The van der Waals surface area contributed by atoms with Gasteiger partial charge in [-0.2, -0.15) is 0 Å². The fourth-order valence-corrected chi connectivity index (χ4v) is 8.83. The second-order valence-corrected chi connectivity index (χ2v) is 11.2. The first-order chi connectivity index (χ1) is 12.3. The van der Waals surface area contributed by atoms with Crippen LogP contribution >= 0.6 is 0 Å². The standard InChI is InChI=1S/C24H42O2/c1-5-6-15(2)18-7-8-19-22-20(10-12-24(18,19)4)23(3)11-9-17(25)13-16(23)14-21(22)26/h15-22,25-26H,5-14H2,1-4H3/t15?,16-,17+,18+,19?,20?,21+,22?,23-,24+/m0/s1. The van der Waals surface area contributed by atoms with E-state index in [9.17, 15) is 10.2 Å². The number of hydrogen-bond acceptors (Lipinski definition) is 2. The van der Waals surface area contributed by atoms with Gasteiger partial charge in [0, 0.05) is 0 Å². The van der Waals surface area contributed by atoms with E-state index in [1.165, 1.54) is 44.9 Å². The zero-order valence-electron chi connectivity index (χ0n) is 17.6. The molecule has 0 radical (unpaired) electrons. The number of aliphatic hydroxyl groups is 2. The highest BCUT2D eigenvalue weighted by molar-refractivity contribution is 5.11. The third-order valence-corrected chi connectivity index (χ3v) is 10.2. The first kappa shape index (κ1) is 19.2. The van der Waals surface area contributed by atoms with Crippen molar-refractivity contribution >= 4 is 0 Å². The van der Waals surface area contributed by atoms with Crippen LogP contribution < -0.4 is 0 Å². The molecular weight excluding hydrogens is 320 g/mol. The molecule has 10 atom stereocenters. The fourth-order valence-electron chi connectivity index (χ4n) is 8.83. The SMILES string of the molecule is CCCC(C)[C@H]1CCC2C3C(CC[C@@]21C)[C@@]1(C)CC[C@@H](O)C[C@H]1C[C@H]3O. The van der Waals surface area contributed by atoms with Crippen LogP contribution in [0.25, 0.3) is 0 Å². The second-order valence-electron chi connectivity index (χ2n) is 11.2. The number of aliphatic hydroxyl groups excluding tert-OH is 2. The maximum absolute atomic E-state index is 11.3. The van der Waals surface area contributed by atoms with Gasteiger partial charge >= 0.3 is 0 Å². The van der Waals surface area contributed by atoms with E-state index in [1.807, 2.05) is 0 Å². The number of fused-ring (bicyclic) bond motifs is 5. The molecule has 0 spiro atoms. The van der Waals surface area contributed by atoms with E-state index in [1.54, 1.807) is 0 Å². The largest absolute Gasteiger partial charge is 0.393 e. The Balaban J connectivity index is 1.61. The molecule has 4 fully saturated rings. The van der Waals surface area contributed by atoms with Crippen molar-refractivity contribution < 1.29 is 10.2 Å². The number of hydrogen-bond donors (Lipinski definition) is 2. The van der Waals surface area contributed by atoms with E-state index in [4.69, 9.17) is 0 Å². The molecule has 4 aliphatic rings. The van der Waals surface area contributed by atoms with Crippen LogP contribution in [0.3, 0.4) is 0 Å². The Kier molecular flexibility index (Phi) is 5.01. The van der Waals surface area contributed by atoms with Crippen LogP contribution in [0.5, 0.6) is 0 Å². The Hall–Kier alpha value is -0.0800. The molecule has 0 aromatic heterocycles. The lowest BCUT2D eigenvalue weighted by molar-refractivity contribution is -0.174. The molecule has 150 valence electrons. The van der Waals surface area contributed by atoms with E-state index in [-0.39, 0.29) is 12.2 Å². The van der Waals surface area contributed by atoms with Gasteiger partial charge in [-0.05, 0) is 97.7 Å². The number of rotatable bonds is 3. The lowest BCUT2D eigenvalue weighted by Crippen LogP contribution is -2.58. The smallest absolute Gasteiger partial charge is 0.0577 e. The summed E-state index contributed by atoms with van der Waals surface area (Å²) in [5.41, 5.74) is 0.811. The van der Waals surface area contributed by atoms with Gasteiger partial charge in [0.25, 0.3) is 0 Å². The Morgan fingerprint density at radius 3 is 2.35 bits per heavy atom. The van der Waals surface area contributed by atoms with Crippen molar-refractivity contribution in [2.45, 2.75) is 104 Å². The summed E-state index contributed by atoms with van der Waals surface area (Å²) >= 11 is 0. The average Bonchev–Trinajstić information content (AvgIpc) is 2.94. The molecule has 2 N–H and O–H groups in total. The fraction of sp³-hybridized carbons (Fsp3) is 1.00. The molecule has 0 aromatic carbocycles. The van der Waals surface area contributed by atoms with Crippen molar-refractivity contribution in [3.8, 4) is 0 Å². The molecule has 4 unspecified atom stereocenters. The molecule has 0 amide bonds.